The first-order valence-corrected chi connectivity index (χ1v) is 21.7. The molecule has 1 unspecified atom stereocenters. The van der Waals surface area contributed by atoms with Crippen molar-refractivity contribution in [3.05, 3.63) is 247 Å². The Labute approximate surface area is 364 Å². The lowest BCUT2D eigenvalue weighted by Crippen LogP contribution is -2.22. The largest absolute Gasteiger partial charge is 0.310 e. The molecule has 0 fully saturated rings. The highest BCUT2D eigenvalue weighted by Crippen LogP contribution is 2.61. The van der Waals surface area contributed by atoms with Crippen LogP contribution in [-0.2, 0) is 5.41 Å². The van der Waals surface area contributed by atoms with E-state index in [4.69, 9.17) is 0 Å². The molecule has 1 atom stereocenters. The third-order valence-corrected chi connectivity index (χ3v) is 13.8. The third kappa shape index (κ3) is 6.17. The van der Waals surface area contributed by atoms with E-state index in [-0.39, 0.29) is 11.0 Å². The fourth-order valence-electron chi connectivity index (χ4n) is 9.53. The van der Waals surface area contributed by atoms with Crippen molar-refractivity contribution in [2.45, 2.75) is 12.3 Å². The van der Waals surface area contributed by atoms with Crippen molar-refractivity contribution in [2.24, 2.45) is 0 Å². The molecule has 9 aromatic carbocycles. The predicted molar refractivity (Wildman–Crippen MR) is 256 cm³/mol. The Morgan fingerprint density at radius 3 is 1.74 bits per heavy atom. The third-order valence-electron chi connectivity index (χ3n) is 12.5. The zero-order chi connectivity index (χ0) is 41.8. The van der Waals surface area contributed by atoms with Crippen LogP contribution in [0.1, 0.15) is 23.6 Å². The summed E-state index contributed by atoms with van der Waals surface area (Å²) >= 11 is 1.90. The van der Waals surface area contributed by atoms with Crippen LogP contribution in [0.4, 0.5) is 25.8 Å². The van der Waals surface area contributed by atoms with Crippen LogP contribution in [0.15, 0.2) is 218 Å². The van der Waals surface area contributed by atoms with E-state index in [0.717, 1.165) is 39.0 Å². The molecule has 0 amide bonds. The summed E-state index contributed by atoms with van der Waals surface area (Å²) in [7, 11) is 0. The lowest BCUT2D eigenvalue weighted by molar-refractivity contribution is 0.589. The van der Waals surface area contributed by atoms with Crippen LogP contribution in [0.25, 0.3) is 65.0 Å². The highest BCUT2D eigenvalue weighted by atomic mass is 32.1. The number of nitrogens with zero attached hydrogens (tertiary/aromatic N) is 1. The zero-order valence-corrected chi connectivity index (χ0v) is 34.7. The number of halogens is 2. The molecule has 1 aromatic heterocycles. The van der Waals surface area contributed by atoms with Crippen molar-refractivity contribution in [1.29, 1.82) is 0 Å². The maximum Gasteiger partial charge on any atom is 0.133 e. The number of benzene rings is 9. The van der Waals surface area contributed by atoms with Crippen molar-refractivity contribution in [3.63, 3.8) is 0 Å². The van der Waals surface area contributed by atoms with Crippen LogP contribution in [0, 0.1) is 11.6 Å². The van der Waals surface area contributed by atoms with E-state index in [2.05, 4.69) is 182 Å². The summed E-state index contributed by atoms with van der Waals surface area (Å²) in [6.45, 7) is 2.40. The number of hydrogen-bond acceptors (Lipinski definition) is 2. The summed E-state index contributed by atoms with van der Waals surface area (Å²) in [5.41, 5.74) is 14.1. The molecule has 1 aliphatic rings. The quantitative estimate of drug-likeness (QED) is 0.148. The molecule has 0 bridgehead atoms. The number of rotatable bonds is 8. The molecule has 1 nitrogen and oxygen atoms in total. The second-order valence-corrected chi connectivity index (χ2v) is 17.0. The molecule has 0 saturated carbocycles. The van der Waals surface area contributed by atoms with Gasteiger partial charge in [-0.15, -0.1) is 11.3 Å². The standard InChI is InChI=1S/C58H39F2NS/c1-58(44-21-6-3-7-22-44)49-25-11-10-24-48(49)57-55(58)54(56(62-57)41-16-4-2-5-17-41)43-20-12-19-42(37-43)38-29-33-45(34-30-38)61(52-28-13-18-39-15-8-9-23-47(39)52)46-35-31-40(32-36-46)53-50(59)26-14-27-51(53)60/h2-37H,1H3. The molecular formula is C58H39F2NS. The highest BCUT2D eigenvalue weighted by molar-refractivity contribution is 7.20. The molecule has 62 heavy (non-hydrogen) atoms. The van der Waals surface area contributed by atoms with E-state index >= 15 is 0 Å². The molecule has 0 spiro atoms. The molecule has 1 heterocycles. The van der Waals surface area contributed by atoms with Gasteiger partial charge < -0.3 is 4.90 Å². The van der Waals surface area contributed by atoms with E-state index in [1.54, 1.807) is 12.1 Å². The van der Waals surface area contributed by atoms with Crippen LogP contribution in [-0.4, -0.2) is 0 Å². The maximum absolute atomic E-state index is 14.8. The van der Waals surface area contributed by atoms with Gasteiger partial charge in [0.1, 0.15) is 11.6 Å². The molecule has 0 N–H and O–H groups in total. The topological polar surface area (TPSA) is 3.24 Å². The Balaban J connectivity index is 1.03. The van der Waals surface area contributed by atoms with Crippen LogP contribution in [0.3, 0.4) is 0 Å². The average Bonchev–Trinajstić information content (AvgIpc) is 3.85. The Bertz CT molecular complexity index is 3240. The minimum atomic E-state index is -0.585. The van der Waals surface area contributed by atoms with Crippen molar-refractivity contribution in [2.75, 3.05) is 4.90 Å². The van der Waals surface area contributed by atoms with Crippen molar-refractivity contribution >= 4 is 39.2 Å². The lowest BCUT2D eigenvalue weighted by atomic mass is 9.72. The van der Waals surface area contributed by atoms with Gasteiger partial charge in [-0.05, 0) is 111 Å². The first-order chi connectivity index (χ1) is 30.5. The van der Waals surface area contributed by atoms with Gasteiger partial charge in [0.25, 0.3) is 0 Å². The first-order valence-electron chi connectivity index (χ1n) is 20.9. The number of fused-ring (bicyclic) bond motifs is 4. The molecule has 10 aromatic rings. The zero-order valence-electron chi connectivity index (χ0n) is 33.9. The van der Waals surface area contributed by atoms with Gasteiger partial charge in [0.05, 0.1) is 11.3 Å². The maximum atomic E-state index is 14.8. The number of anilines is 3. The Hall–Kier alpha value is -7.40. The van der Waals surface area contributed by atoms with Crippen molar-refractivity contribution in [1.82, 2.24) is 0 Å². The normalized spacial score (nSPS) is 14.1. The summed E-state index contributed by atoms with van der Waals surface area (Å²) in [6.07, 6.45) is 0. The minimum absolute atomic E-state index is 0.0279. The Morgan fingerprint density at radius 1 is 0.435 bits per heavy atom. The number of hydrogen-bond donors (Lipinski definition) is 0. The van der Waals surface area contributed by atoms with E-state index in [9.17, 15) is 8.78 Å². The van der Waals surface area contributed by atoms with E-state index < -0.39 is 11.6 Å². The smallest absolute Gasteiger partial charge is 0.133 e. The van der Waals surface area contributed by atoms with Gasteiger partial charge in [-0.1, -0.05) is 170 Å². The molecule has 1 aliphatic carbocycles. The van der Waals surface area contributed by atoms with Crippen molar-refractivity contribution < 1.29 is 8.78 Å². The SMILES string of the molecule is CC1(c2ccccc2)c2ccccc2-c2sc(-c3ccccc3)c(-c3cccc(-c4ccc(N(c5ccc(-c6c(F)cccc6F)cc5)c5cccc6ccccc56)cc4)c3)c21. The fraction of sp³-hybridized carbons (Fsp3) is 0.0345. The van der Waals surface area contributed by atoms with E-state index in [0.29, 0.717) is 5.56 Å². The van der Waals surface area contributed by atoms with Gasteiger partial charge in [-0.3, -0.25) is 0 Å². The summed E-state index contributed by atoms with van der Waals surface area (Å²) in [6, 6.07) is 74.4. The second kappa shape index (κ2) is 15.3. The Kier molecular flexibility index (Phi) is 9.25. The minimum Gasteiger partial charge on any atom is -0.310 e. The van der Waals surface area contributed by atoms with Gasteiger partial charge in [-0.2, -0.15) is 0 Å². The molecule has 0 aliphatic heterocycles. The summed E-state index contributed by atoms with van der Waals surface area (Å²) in [5, 5.41) is 2.22. The molecule has 4 heteroatoms. The van der Waals surface area contributed by atoms with E-state index in [1.165, 1.54) is 66.9 Å². The summed E-state index contributed by atoms with van der Waals surface area (Å²) < 4.78 is 29.7. The van der Waals surface area contributed by atoms with Crippen LogP contribution in [0.2, 0.25) is 0 Å². The highest BCUT2D eigenvalue weighted by Gasteiger charge is 2.45. The molecule has 0 radical (unpaired) electrons. The van der Waals surface area contributed by atoms with Crippen LogP contribution < -0.4 is 4.90 Å². The van der Waals surface area contributed by atoms with Crippen LogP contribution >= 0.6 is 11.3 Å². The van der Waals surface area contributed by atoms with Gasteiger partial charge in [0.15, 0.2) is 0 Å². The van der Waals surface area contributed by atoms with Crippen LogP contribution in [0.5, 0.6) is 0 Å². The van der Waals surface area contributed by atoms with Crippen molar-refractivity contribution in [3.8, 4) is 54.3 Å². The van der Waals surface area contributed by atoms with E-state index in [1.807, 2.05) is 29.5 Å². The summed E-state index contributed by atoms with van der Waals surface area (Å²) in [5.74, 6) is -1.17. The fourth-order valence-corrected chi connectivity index (χ4v) is 11.0. The number of thiophene rings is 1. The average molecular weight is 820 g/mol. The molecule has 0 saturated heterocycles. The molecular weight excluding hydrogens is 781 g/mol. The van der Waals surface area contributed by atoms with Gasteiger partial charge in [-0.25, -0.2) is 8.78 Å². The molecule has 296 valence electrons. The van der Waals surface area contributed by atoms with Gasteiger partial charge in [0, 0.05) is 37.5 Å². The second-order valence-electron chi connectivity index (χ2n) is 16.0. The van der Waals surface area contributed by atoms with Gasteiger partial charge in [0.2, 0.25) is 0 Å². The van der Waals surface area contributed by atoms with Gasteiger partial charge >= 0.3 is 0 Å². The first kappa shape index (κ1) is 37.6. The monoisotopic (exact) mass is 819 g/mol. The lowest BCUT2D eigenvalue weighted by Gasteiger charge is -2.29. The predicted octanol–water partition coefficient (Wildman–Crippen LogP) is 16.7. The summed E-state index contributed by atoms with van der Waals surface area (Å²) in [4.78, 5) is 4.82. The Morgan fingerprint density at radius 2 is 1.00 bits per heavy atom. The molecule has 11 rings (SSSR count).